The van der Waals surface area contributed by atoms with Crippen LogP contribution < -0.4 is 5.32 Å². The van der Waals surface area contributed by atoms with Gasteiger partial charge in [0, 0.05) is 22.0 Å². The summed E-state index contributed by atoms with van der Waals surface area (Å²) in [6, 6.07) is 6.10. The molecule has 80 valence electrons. The molecular weight excluding hydrogens is 277 g/mol. The highest BCUT2D eigenvalue weighted by molar-refractivity contribution is 9.10. The third-order valence-corrected chi connectivity index (χ3v) is 3.41. The van der Waals surface area contributed by atoms with E-state index in [0.717, 1.165) is 27.9 Å². The Labute approximate surface area is 102 Å². The average Bonchev–Trinajstić information content (AvgIpc) is 2.56. The molecule has 1 fully saturated rings. The molecule has 1 aliphatic rings. The van der Waals surface area contributed by atoms with Crippen LogP contribution in [0.5, 0.6) is 0 Å². The third kappa shape index (κ3) is 2.73. The van der Waals surface area contributed by atoms with E-state index >= 15 is 0 Å². The second-order valence-electron chi connectivity index (χ2n) is 3.74. The van der Waals surface area contributed by atoms with Crippen LogP contribution >= 0.6 is 27.5 Å². The molecule has 2 rings (SSSR count). The minimum atomic E-state index is 0.147. The lowest BCUT2D eigenvalue weighted by molar-refractivity contribution is -0.119. The predicted octanol–water partition coefficient (Wildman–Crippen LogP) is 2.92. The molecule has 1 heterocycles. The molecule has 0 aliphatic carbocycles. The van der Waals surface area contributed by atoms with Gasteiger partial charge in [0.2, 0.25) is 5.91 Å². The molecular formula is C11H11BrClNO. The Bertz CT molecular complexity index is 394. The summed E-state index contributed by atoms with van der Waals surface area (Å²) >= 11 is 9.47. The highest BCUT2D eigenvalue weighted by atomic mass is 79.9. The van der Waals surface area contributed by atoms with E-state index in [4.69, 9.17) is 11.6 Å². The quantitative estimate of drug-likeness (QED) is 0.891. The normalized spacial score (nSPS) is 20.4. The Balaban J connectivity index is 2.07. The molecule has 2 nitrogen and oxygen atoms in total. The summed E-state index contributed by atoms with van der Waals surface area (Å²) in [4.78, 5) is 11.0. The second kappa shape index (κ2) is 4.54. The average molecular weight is 289 g/mol. The smallest absolute Gasteiger partial charge is 0.220 e. The molecule has 1 amide bonds. The molecule has 1 aromatic carbocycles. The maximum absolute atomic E-state index is 11.0. The van der Waals surface area contributed by atoms with Crippen LogP contribution in [0.4, 0.5) is 0 Å². The fraction of sp³-hybridized carbons (Fsp3) is 0.364. The highest BCUT2D eigenvalue weighted by Gasteiger charge is 2.21. The van der Waals surface area contributed by atoms with Crippen molar-refractivity contribution in [2.24, 2.45) is 0 Å². The van der Waals surface area contributed by atoms with Crippen molar-refractivity contribution in [1.29, 1.82) is 0 Å². The standard InChI is InChI=1S/C11H11BrClNO/c12-8-2-1-7(10(13)6-8)5-9-3-4-11(15)14-9/h1-2,6,9H,3-5H2,(H,14,15). The number of rotatable bonds is 2. The van der Waals surface area contributed by atoms with Crippen LogP contribution in [-0.4, -0.2) is 11.9 Å². The topological polar surface area (TPSA) is 29.1 Å². The first-order valence-corrected chi connectivity index (χ1v) is 6.05. The number of halogens is 2. The van der Waals surface area contributed by atoms with Gasteiger partial charge in [-0.1, -0.05) is 33.6 Å². The van der Waals surface area contributed by atoms with E-state index in [0.29, 0.717) is 6.42 Å². The van der Waals surface area contributed by atoms with Crippen molar-refractivity contribution in [2.45, 2.75) is 25.3 Å². The minimum absolute atomic E-state index is 0.147. The molecule has 1 N–H and O–H groups in total. The van der Waals surface area contributed by atoms with Gasteiger partial charge in [0.15, 0.2) is 0 Å². The Morgan fingerprint density at radius 1 is 1.53 bits per heavy atom. The molecule has 1 aliphatic heterocycles. The van der Waals surface area contributed by atoms with Crippen molar-refractivity contribution in [2.75, 3.05) is 0 Å². The van der Waals surface area contributed by atoms with Gasteiger partial charge in [-0.25, -0.2) is 0 Å². The Kier molecular flexibility index (Phi) is 3.32. The Hall–Kier alpha value is -0.540. The number of carbonyl (C=O) groups excluding carboxylic acids is 1. The maximum atomic E-state index is 11.0. The van der Waals surface area contributed by atoms with Gasteiger partial charge < -0.3 is 5.32 Å². The van der Waals surface area contributed by atoms with E-state index in [-0.39, 0.29) is 11.9 Å². The lowest BCUT2D eigenvalue weighted by atomic mass is 10.0. The lowest BCUT2D eigenvalue weighted by Crippen LogP contribution is -2.27. The van der Waals surface area contributed by atoms with Gasteiger partial charge in [0.25, 0.3) is 0 Å². The van der Waals surface area contributed by atoms with Crippen molar-refractivity contribution in [1.82, 2.24) is 5.32 Å². The molecule has 1 atom stereocenters. The van der Waals surface area contributed by atoms with Gasteiger partial charge in [0.05, 0.1) is 0 Å². The molecule has 4 heteroatoms. The summed E-state index contributed by atoms with van der Waals surface area (Å²) < 4.78 is 0.978. The summed E-state index contributed by atoms with van der Waals surface area (Å²) in [5.74, 6) is 0.147. The zero-order valence-corrected chi connectivity index (χ0v) is 10.4. The number of hydrogen-bond acceptors (Lipinski definition) is 1. The molecule has 15 heavy (non-hydrogen) atoms. The van der Waals surface area contributed by atoms with Crippen molar-refractivity contribution < 1.29 is 4.79 Å². The van der Waals surface area contributed by atoms with Crippen molar-refractivity contribution in [3.63, 3.8) is 0 Å². The monoisotopic (exact) mass is 287 g/mol. The number of carbonyl (C=O) groups is 1. The van der Waals surface area contributed by atoms with E-state index in [1.807, 2.05) is 18.2 Å². The molecule has 0 radical (unpaired) electrons. The number of nitrogens with one attached hydrogen (secondary N) is 1. The van der Waals surface area contributed by atoms with Crippen LogP contribution in [0.2, 0.25) is 5.02 Å². The number of amides is 1. The molecule has 1 aromatic rings. The molecule has 1 saturated heterocycles. The van der Waals surface area contributed by atoms with E-state index in [9.17, 15) is 4.79 Å². The number of benzene rings is 1. The molecule has 0 saturated carbocycles. The zero-order valence-electron chi connectivity index (χ0n) is 8.09. The minimum Gasteiger partial charge on any atom is -0.353 e. The van der Waals surface area contributed by atoms with E-state index < -0.39 is 0 Å². The second-order valence-corrected chi connectivity index (χ2v) is 5.07. The first kappa shape index (κ1) is 11.0. The molecule has 1 unspecified atom stereocenters. The van der Waals surface area contributed by atoms with Crippen LogP contribution in [0, 0.1) is 0 Å². The molecule has 0 spiro atoms. The molecule has 0 aromatic heterocycles. The lowest BCUT2D eigenvalue weighted by Gasteiger charge is -2.11. The summed E-state index contributed by atoms with van der Waals surface area (Å²) in [6.45, 7) is 0. The van der Waals surface area contributed by atoms with Crippen LogP contribution in [0.3, 0.4) is 0 Å². The van der Waals surface area contributed by atoms with Gasteiger partial charge >= 0.3 is 0 Å². The summed E-state index contributed by atoms with van der Waals surface area (Å²) in [6.07, 6.45) is 2.36. The summed E-state index contributed by atoms with van der Waals surface area (Å²) in [5, 5.41) is 3.69. The van der Waals surface area contributed by atoms with E-state index in [2.05, 4.69) is 21.2 Å². The Morgan fingerprint density at radius 3 is 2.93 bits per heavy atom. The van der Waals surface area contributed by atoms with E-state index in [1.54, 1.807) is 0 Å². The highest BCUT2D eigenvalue weighted by Crippen LogP contribution is 2.24. The fourth-order valence-electron chi connectivity index (χ4n) is 1.78. The fourth-order valence-corrected chi connectivity index (χ4v) is 2.53. The third-order valence-electron chi connectivity index (χ3n) is 2.57. The maximum Gasteiger partial charge on any atom is 0.220 e. The largest absolute Gasteiger partial charge is 0.353 e. The van der Waals surface area contributed by atoms with E-state index in [1.165, 1.54) is 0 Å². The van der Waals surface area contributed by atoms with Crippen molar-refractivity contribution in [3.8, 4) is 0 Å². The van der Waals surface area contributed by atoms with Gasteiger partial charge in [-0.15, -0.1) is 0 Å². The van der Waals surface area contributed by atoms with Crippen LogP contribution in [0.25, 0.3) is 0 Å². The van der Waals surface area contributed by atoms with Crippen molar-refractivity contribution >= 4 is 33.4 Å². The first-order valence-electron chi connectivity index (χ1n) is 4.88. The van der Waals surface area contributed by atoms with Crippen molar-refractivity contribution in [3.05, 3.63) is 33.3 Å². The SMILES string of the molecule is O=C1CCC(Cc2ccc(Br)cc2Cl)N1. The zero-order chi connectivity index (χ0) is 10.8. The van der Waals surface area contributed by atoms with Gasteiger partial charge in [0.1, 0.15) is 0 Å². The van der Waals surface area contributed by atoms with Gasteiger partial charge in [-0.2, -0.15) is 0 Å². The van der Waals surface area contributed by atoms with Crippen LogP contribution in [-0.2, 0) is 11.2 Å². The predicted molar refractivity (Wildman–Crippen MR) is 64.0 cm³/mol. The van der Waals surface area contributed by atoms with Gasteiger partial charge in [-0.3, -0.25) is 4.79 Å². The van der Waals surface area contributed by atoms with Crippen LogP contribution in [0.15, 0.2) is 22.7 Å². The number of hydrogen-bond donors (Lipinski definition) is 1. The first-order chi connectivity index (χ1) is 7.15. The van der Waals surface area contributed by atoms with Crippen LogP contribution in [0.1, 0.15) is 18.4 Å². The summed E-state index contributed by atoms with van der Waals surface area (Å²) in [7, 11) is 0. The van der Waals surface area contributed by atoms with Gasteiger partial charge in [-0.05, 0) is 30.5 Å². The summed E-state index contributed by atoms with van der Waals surface area (Å²) in [5.41, 5.74) is 1.09. The molecule has 0 bridgehead atoms. The Morgan fingerprint density at radius 2 is 2.33 bits per heavy atom.